The predicted octanol–water partition coefficient (Wildman–Crippen LogP) is 4.93. The zero-order valence-corrected chi connectivity index (χ0v) is 17.5. The molecule has 1 aromatic carbocycles. The highest BCUT2D eigenvalue weighted by atomic mass is 16.7. The van der Waals surface area contributed by atoms with Gasteiger partial charge in [-0.2, -0.15) is 0 Å². The van der Waals surface area contributed by atoms with Crippen LogP contribution in [0.3, 0.4) is 0 Å². The first-order valence-corrected chi connectivity index (χ1v) is 10.6. The van der Waals surface area contributed by atoms with Gasteiger partial charge in [0.2, 0.25) is 0 Å². The van der Waals surface area contributed by atoms with Gasteiger partial charge in [0.15, 0.2) is 6.79 Å². The highest BCUT2D eigenvalue weighted by Gasteiger charge is 2.57. The summed E-state index contributed by atoms with van der Waals surface area (Å²) in [5.74, 6) is 3.37. The van der Waals surface area contributed by atoms with Crippen LogP contribution in [-0.4, -0.2) is 33.9 Å². The lowest BCUT2D eigenvalue weighted by Crippen LogP contribution is -2.47. The first kappa shape index (κ1) is 19.9. The number of benzene rings is 1. The summed E-state index contributed by atoms with van der Waals surface area (Å²) in [6.45, 7) is 7.37. The smallest absolute Gasteiger partial charge is 0.188 e. The van der Waals surface area contributed by atoms with Crippen LogP contribution in [-0.2, 0) is 20.6 Å². The number of hydrogen-bond donors (Lipinski definition) is 0. The van der Waals surface area contributed by atoms with E-state index in [2.05, 4.69) is 37.8 Å². The van der Waals surface area contributed by atoms with E-state index in [0.717, 1.165) is 18.6 Å². The third-order valence-corrected chi connectivity index (χ3v) is 7.74. The van der Waals surface area contributed by atoms with Crippen LogP contribution in [0.5, 0.6) is 5.75 Å². The van der Waals surface area contributed by atoms with Gasteiger partial charge < -0.3 is 18.9 Å². The second kappa shape index (κ2) is 8.17. The van der Waals surface area contributed by atoms with Gasteiger partial charge in [0, 0.05) is 14.2 Å². The Morgan fingerprint density at radius 2 is 1.96 bits per heavy atom. The molecule has 4 rings (SSSR count). The van der Waals surface area contributed by atoms with Crippen molar-refractivity contribution >= 4 is 0 Å². The summed E-state index contributed by atoms with van der Waals surface area (Å²) >= 11 is 0. The first-order valence-electron chi connectivity index (χ1n) is 10.6. The standard InChI is InChI=1S/C24H34O4/c1-5-16-12-17-13-18(27-14-25-3)6-7-19(17)20-10-11-24(2)21(23(16)20)8-9-22(24)28-15-26-4/h5-7,13,16,20-23H,1,8-12,14-15H2,2-4H3/t16-,20?,21?,22+,23?,24+/m1/s1. The molecule has 1 aromatic rings. The van der Waals surface area contributed by atoms with E-state index in [-0.39, 0.29) is 5.41 Å². The highest BCUT2D eigenvalue weighted by Crippen LogP contribution is 2.63. The summed E-state index contributed by atoms with van der Waals surface area (Å²) in [6, 6.07) is 6.62. The molecule has 0 bridgehead atoms. The number of hydrogen-bond acceptors (Lipinski definition) is 4. The minimum Gasteiger partial charge on any atom is -0.468 e. The third kappa shape index (κ3) is 3.30. The predicted molar refractivity (Wildman–Crippen MR) is 109 cm³/mol. The van der Waals surface area contributed by atoms with Gasteiger partial charge in [-0.15, -0.1) is 6.58 Å². The summed E-state index contributed by atoms with van der Waals surface area (Å²) in [4.78, 5) is 0. The molecule has 2 fully saturated rings. The van der Waals surface area contributed by atoms with Crippen molar-refractivity contribution in [3.8, 4) is 5.75 Å². The number of ether oxygens (including phenoxy) is 4. The maximum absolute atomic E-state index is 6.12. The molecule has 0 aliphatic heterocycles. The summed E-state index contributed by atoms with van der Waals surface area (Å²) in [7, 11) is 3.36. The van der Waals surface area contributed by atoms with Crippen LogP contribution in [0.15, 0.2) is 30.9 Å². The van der Waals surface area contributed by atoms with Crippen molar-refractivity contribution in [2.75, 3.05) is 27.8 Å². The Morgan fingerprint density at radius 3 is 2.71 bits per heavy atom. The molecule has 28 heavy (non-hydrogen) atoms. The van der Waals surface area contributed by atoms with E-state index < -0.39 is 0 Å². The SMILES string of the molecule is C=C[C@@H]1Cc2cc(OCOC)ccc2C2CC[C@@]3(C)C(CC[C@@H]3OCOC)C21. The van der Waals surface area contributed by atoms with Gasteiger partial charge in [-0.05, 0) is 84.5 Å². The van der Waals surface area contributed by atoms with Gasteiger partial charge in [-0.25, -0.2) is 0 Å². The number of allylic oxidation sites excluding steroid dienone is 1. The fraction of sp³-hybridized carbons (Fsp3) is 0.667. The van der Waals surface area contributed by atoms with Crippen LogP contribution in [0.2, 0.25) is 0 Å². The van der Waals surface area contributed by atoms with Crippen LogP contribution in [0.25, 0.3) is 0 Å². The molecule has 0 amide bonds. The number of fused-ring (bicyclic) bond motifs is 5. The molecule has 0 spiro atoms. The Kier molecular flexibility index (Phi) is 5.82. The van der Waals surface area contributed by atoms with E-state index in [0.29, 0.717) is 43.4 Å². The molecule has 0 saturated heterocycles. The zero-order chi connectivity index (χ0) is 19.7. The summed E-state index contributed by atoms with van der Waals surface area (Å²) in [5.41, 5.74) is 3.20. The van der Waals surface area contributed by atoms with Gasteiger partial charge in [-0.3, -0.25) is 0 Å². The van der Waals surface area contributed by atoms with Crippen molar-refractivity contribution in [3.05, 3.63) is 42.0 Å². The van der Waals surface area contributed by atoms with Crippen molar-refractivity contribution in [3.63, 3.8) is 0 Å². The molecule has 0 heterocycles. The van der Waals surface area contributed by atoms with Crippen LogP contribution in [0, 0.1) is 23.2 Å². The maximum Gasteiger partial charge on any atom is 0.188 e. The fourth-order valence-electron chi connectivity index (χ4n) is 6.50. The van der Waals surface area contributed by atoms with E-state index >= 15 is 0 Å². The van der Waals surface area contributed by atoms with E-state index in [1.165, 1.54) is 30.4 Å². The molecule has 0 radical (unpaired) electrons. The summed E-state index contributed by atoms with van der Waals surface area (Å²) in [5, 5.41) is 0. The van der Waals surface area contributed by atoms with Gasteiger partial charge in [-0.1, -0.05) is 19.1 Å². The second-order valence-corrected chi connectivity index (χ2v) is 8.99. The molecule has 3 aliphatic carbocycles. The molecule has 3 unspecified atom stereocenters. The van der Waals surface area contributed by atoms with Crippen molar-refractivity contribution in [1.29, 1.82) is 0 Å². The lowest BCUT2D eigenvalue weighted by Gasteiger charge is -2.53. The minimum absolute atomic E-state index is 0.250. The fourth-order valence-corrected chi connectivity index (χ4v) is 6.50. The van der Waals surface area contributed by atoms with Gasteiger partial charge >= 0.3 is 0 Å². The molecule has 4 nitrogen and oxygen atoms in total. The molecule has 154 valence electrons. The molecule has 4 heteroatoms. The average molecular weight is 387 g/mol. The lowest BCUT2D eigenvalue weighted by atomic mass is 9.52. The van der Waals surface area contributed by atoms with Crippen molar-refractivity contribution in [2.24, 2.45) is 23.2 Å². The van der Waals surface area contributed by atoms with E-state index in [1.54, 1.807) is 14.2 Å². The Morgan fingerprint density at radius 1 is 1.14 bits per heavy atom. The topological polar surface area (TPSA) is 36.9 Å². The first-order chi connectivity index (χ1) is 13.6. The Bertz CT molecular complexity index is 702. The number of methoxy groups -OCH3 is 2. The quantitative estimate of drug-likeness (QED) is 0.492. The Hall–Kier alpha value is -1.36. The highest BCUT2D eigenvalue weighted by molar-refractivity contribution is 5.42. The second-order valence-electron chi connectivity index (χ2n) is 8.99. The summed E-state index contributed by atoms with van der Waals surface area (Å²) in [6.07, 6.45) is 8.42. The third-order valence-electron chi connectivity index (χ3n) is 7.74. The zero-order valence-electron chi connectivity index (χ0n) is 17.5. The Balaban J connectivity index is 1.62. The molecular formula is C24H34O4. The van der Waals surface area contributed by atoms with Crippen LogP contribution in [0.1, 0.15) is 49.7 Å². The van der Waals surface area contributed by atoms with Gasteiger partial charge in [0.05, 0.1) is 6.10 Å². The molecule has 2 saturated carbocycles. The minimum atomic E-state index is 0.250. The number of rotatable bonds is 7. The van der Waals surface area contributed by atoms with Crippen LogP contribution in [0.4, 0.5) is 0 Å². The normalized spacial score (nSPS) is 36.3. The van der Waals surface area contributed by atoms with Gasteiger partial charge in [0.1, 0.15) is 12.5 Å². The van der Waals surface area contributed by atoms with Crippen molar-refractivity contribution < 1.29 is 18.9 Å². The maximum atomic E-state index is 6.12. The Labute approximate surface area is 169 Å². The van der Waals surface area contributed by atoms with Crippen LogP contribution >= 0.6 is 0 Å². The molecule has 3 aliphatic rings. The monoisotopic (exact) mass is 386 g/mol. The summed E-state index contributed by atoms with van der Waals surface area (Å²) < 4.78 is 22.1. The lowest BCUT2D eigenvalue weighted by molar-refractivity contribution is -0.127. The van der Waals surface area contributed by atoms with Crippen molar-refractivity contribution in [1.82, 2.24) is 0 Å². The largest absolute Gasteiger partial charge is 0.468 e. The van der Waals surface area contributed by atoms with E-state index in [4.69, 9.17) is 18.9 Å². The van der Waals surface area contributed by atoms with Gasteiger partial charge in [0.25, 0.3) is 0 Å². The van der Waals surface area contributed by atoms with Crippen molar-refractivity contribution in [2.45, 2.75) is 51.0 Å². The van der Waals surface area contributed by atoms with Crippen LogP contribution < -0.4 is 4.74 Å². The molecule has 0 aromatic heterocycles. The molecule has 6 atom stereocenters. The molecular weight excluding hydrogens is 352 g/mol. The average Bonchev–Trinajstić information content (AvgIpc) is 3.05. The molecule has 0 N–H and O–H groups in total. The van der Waals surface area contributed by atoms with E-state index in [9.17, 15) is 0 Å². The van der Waals surface area contributed by atoms with E-state index in [1.807, 2.05) is 0 Å².